The molecule has 0 bridgehead atoms. The lowest BCUT2D eigenvalue weighted by Gasteiger charge is -2.14. The van der Waals surface area contributed by atoms with Crippen molar-refractivity contribution >= 4 is 11.8 Å². The lowest BCUT2D eigenvalue weighted by atomic mass is 9.90. The zero-order valence-corrected chi connectivity index (χ0v) is 9.52. The standard InChI is InChI=1S/C10H19NOS/c1-9(7-12)13-6-4-5-10(2,3)8-11/h9,12H,4-7H2,1-3H3. The van der Waals surface area contributed by atoms with Crippen molar-refractivity contribution in [2.45, 2.75) is 38.9 Å². The molecule has 0 amide bonds. The summed E-state index contributed by atoms with van der Waals surface area (Å²) in [5.74, 6) is 1.03. The van der Waals surface area contributed by atoms with Gasteiger partial charge in [0.05, 0.1) is 18.1 Å². The van der Waals surface area contributed by atoms with Crippen LogP contribution in [0.4, 0.5) is 0 Å². The minimum atomic E-state index is -0.191. The van der Waals surface area contributed by atoms with Crippen LogP contribution in [0.25, 0.3) is 0 Å². The van der Waals surface area contributed by atoms with Crippen LogP contribution in [0.15, 0.2) is 0 Å². The van der Waals surface area contributed by atoms with Gasteiger partial charge in [-0.2, -0.15) is 17.0 Å². The van der Waals surface area contributed by atoms with E-state index < -0.39 is 0 Å². The van der Waals surface area contributed by atoms with E-state index in [4.69, 9.17) is 10.4 Å². The second-order valence-electron chi connectivity index (χ2n) is 3.96. The molecule has 1 unspecified atom stereocenters. The lowest BCUT2D eigenvalue weighted by Crippen LogP contribution is -2.09. The molecule has 76 valence electrons. The highest BCUT2D eigenvalue weighted by molar-refractivity contribution is 7.99. The Hall–Kier alpha value is -0.200. The van der Waals surface area contributed by atoms with Crippen molar-refractivity contribution < 1.29 is 5.11 Å². The van der Waals surface area contributed by atoms with Crippen molar-refractivity contribution in [2.75, 3.05) is 12.4 Å². The van der Waals surface area contributed by atoms with E-state index in [0.717, 1.165) is 18.6 Å². The van der Waals surface area contributed by atoms with Crippen molar-refractivity contribution in [2.24, 2.45) is 5.41 Å². The summed E-state index contributed by atoms with van der Waals surface area (Å²) in [5.41, 5.74) is -0.191. The topological polar surface area (TPSA) is 44.0 Å². The highest BCUT2D eigenvalue weighted by Crippen LogP contribution is 2.22. The Labute approximate surface area is 85.3 Å². The molecule has 0 radical (unpaired) electrons. The van der Waals surface area contributed by atoms with Gasteiger partial charge < -0.3 is 5.11 Å². The van der Waals surface area contributed by atoms with Gasteiger partial charge in [0.1, 0.15) is 0 Å². The Morgan fingerprint density at radius 2 is 2.15 bits per heavy atom. The van der Waals surface area contributed by atoms with Crippen molar-refractivity contribution in [1.82, 2.24) is 0 Å². The molecule has 0 aromatic heterocycles. The summed E-state index contributed by atoms with van der Waals surface area (Å²) < 4.78 is 0. The van der Waals surface area contributed by atoms with Crippen LogP contribution in [0.3, 0.4) is 0 Å². The second-order valence-corrected chi connectivity index (χ2v) is 5.51. The van der Waals surface area contributed by atoms with Gasteiger partial charge in [0.15, 0.2) is 0 Å². The Balaban J connectivity index is 3.42. The molecule has 0 spiro atoms. The zero-order valence-electron chi connectivity index (χ0n) is 8.71. The molecule has 3 heteroatoms. The van der Waals surface area contributed by atoms with E-state index in [1.54, 1.807) is 11.8 Å². The zero-order chi connectivity index (χ0) is 10.3. The predicted molar refractivity (Wildman–Crippen MR) is 57.6 cm³/mol. The van der Waals surface area contributed by atoms with E-state index in [2.05, 4.69) is 6.07 Å². The molecule has 0 aromatic rings. The maximum absolute atomic E-state index is 8.77. The van der Waals surface area contributed by atoms with E-state index in [9.17, 15) is 0 Å². The molecule has 0 aliphatic carbocycles. The van der Waals surface area contributed by atoms with Crippen molar-refractivity contribution in [3.63, 3.8) is 0 Å². The first kappa shape index (κ1) is 12.8. The van der Waals surface area contributed by atoms with Crippen molar-refractivity contribution in [3.8, 4) is 6.07 Å². The summed E-state index contributed by atoms with van der Waals surface area (Å²) in [5, 5.41) is 17.8. The highest BCUT2D eigenvalue weighted by Gasteiger charge is 2.15. The summed E-state index contributed by atoms with van der Waals surface area (Å²) in [4.78, 5) is 0. The molecule has 0 saturated carbocycles. The maximum Gasteiger partial charge on any atom is 0.0683 e. The quantitative estimate of drug-likeness (QED) is 0.671. The average molecular weight is 201 g/mol. The van der Waals surface area contributed by atoms with Crippen LogP contribution in [0.5, 0.6) is 0 Å². The van der Waals surface area contributed by atoms with Crippen LogP contribution in [-0.4, -0.2) is 22.7 Å². The molecular weight excluding hydrogens is 182 g/mol. The number of nitriles is 1. The van der Waals surface area contributed by atoms with E-state index >= 15 is 0 Å². The van der Waals surface area contributed by atoms with Crippen LogP contribution in [0, 0.1) is 16.7 Å². The molecule has 0 rings (SSSR count). The minimum Gasteiger partial charge on any atom is -0.395 e. The summed E-state index contributed by atoms with van der Waals surface area (Å²) >= 11 is 1.77. The number of aliphatic hydroxyl groups is 1. The van der Waals surface area contributed by atoms with E-state index in [1.807, 2.05) is 20.8 Å². The molecule has 2 nitrogen and oxygen atoms in total. The number of thioether (sulfide) groups is 1. The van der Waals surface area contributed by atoms with E-state index in [-0.39, 0.29) is 12.0 Å². The van der Waals surface area contributed by atoms with Crippen molar-refractivity contribution in [3.05, 3.63) is 0 Å². The number of aliphatic hydroxyl groups excluding tert-OH is 1. The van der Waals surface area contributed by atoms with E-state index in [1.165, 1.54) is 0 Å². The molecule has 1 N–H and O–H groups in total. The third-order valence-electron chi connectivity index (χ3n) is 1.91. The molecule has 0 aromatic carbocycles. The first-order chi connectivity index (χ1) is 6.02. The normalized spacial score (nSPS) is 13.8. The molecule has 0 aliphatic heterocycles. The summed E-state index contributed by atoms with van der Waals surface area (Å²) in [7, 11) is 0. The SMILES string of the molecule is CC(CO)SCCCC(C)(C)C#N. The average Bonchev–Trinajstić information content (AvgIpc) is 2.12. The Kier molecular flexibility index (Phi) is 6.19. The summed E-state index contributed by atoms with van der Waals surface area (Å²) in [6.07, 6.45) is 1.99. The van der Waals surface area contributed by atoms with Gasteiger partial charge in [-0.3, -0.25) is 0 Å². The molecule has 0 fully saturated rings. The minimum absolute atomic E-state index is 0.191. The summed E-state index contributed by atoms with van der Waals surface area (Å²) in [6.45, 7) is 6.19. The monoisotopic (exact) mass is 201 g/mol. The largest absolute Gasteiger partial charge is 0.395 e. The van der Waals surface area contributed by atoms with Gasteiger partial charge in [0.25, 0.3) is 0 Å². The van der Waals surface area contributed by atoms with E-state index in [0.29, 0.717) is 5.25 Å². The van der Waals surface area contributed by atoms with Crippen LogP contribution in [-0.2, 0) is 0 Å². The van der Waals surface area contributed by atoms with Crippen LogP contribution in [0.2, 0.25) is 0 Å². The van der Waals surface area contributed by atoms with Crippen LogP contribution < -0.4 is 0 Å². The fraction of sp³-hybridized carbons (Fsp3) is 0.900. The fourth-order valence-electron chi connectivity index (χ4n) is 0.907. The molecule has 0 heterocycles. The number of nitrogens with zero attached hydrogens (tertiary/aromatic N) is 1. The second kappa shape index (κ2) is 6.28. The number of rotatable bonds is 6. The van der Waals surface area contributed by atoms with Crippen LogP contribution in [0.1, 0.15) is 33.6 Å². The molecule has 13 heavy (non-hydrogen) atoms. The van der Waals surface area contributed by atoms with Gasteiger partial charge >= 0.3 is 0 Å². The molecule has 1 atom stereocenters. The molecule has 0 aliphatic rings. The Bertz CT molecular complexity index is 174. The number of hydrogen-bond acceptors (Lipinski definition) is 3. The fourth-order valence-corrected chi connectivity index (χ4v) is 1.73. The van der Waals surface area contributed by atoms with Gasteiger partial charge in [0, 0.05) is 5.25 Å². The predicted octanol–water partition coefficient (Wildman–Crippen LogP) is 2.43. The Morgan fingerprint density at radius 1 is 1.54 bits per heavy atom. The smallest absolute Gasteiger partial charge is 0.0683 e. The van der Waals surface area contributed by atoms with Gasteiger partial charge in [-0.15, -0.1) is 0 Å². The third-order valence-corrected chi connectivity index (χ3v) is 3.15. The highest BCUT2D eigenvalue weighted by atomic mass is 32.2. The van der Waals surface area contributed by atoms with Crippen LogP contribution >= 0.6 is 11.8 Å². The Morgan fingerprint density at radius 3 is 2.62 bits per heavy atom. The first-order valence-corrected chi connectivity index (χ1v) is 5.70. The first-order valence-electron chi connectivity index (χ1n) is 4.65. The van der Waals surface area contributed by atoms with Gasteiger partial charge in [0.2, 0.25) is 0 Å². The lowest BCUT2D eigenvalue weighted by molar-refractivity contribution is 0.300. The molecular formula is C10H19NOS. The molecule has 0 saturated heterocycles. The van der Waals surface area contributed by atoms with Gasteiger partial charge in [-0.25, -0.2) is 0 Å². The van der Waals surface area contributed by atoms with Gasteiger partial charge in [-0.05, 0) is 32.4 Å². The maximum atomic E-state index is 8.77. The van der Waals surface area contributed by atoms with Crippen molar-refractivity contribution in [1.29, 1.82) is 5.26 Å². The number of hydrogen-bond donors (Lipinski definition) is 1. The third kappa shape index (κ3) is 6.92. The summed E-state index contributed by atoms with van der Waals surface area (Å²) in [6, 6.07) is 2.28. The van der Waals surface area contributed by atoms with Gasteiger partial charge in [-0.1, -0.05) is 6.92 Å².